The van der Waals surface area contributed by atoms with E-state index in [2.05, 4.69) is 4.98 Å². The van der Waals surface area contributed by atoms with E-state index in [4.69, 9.17) is 0 Å². The largest absolute Gasteiger partial charge is 0.358 e. The number of rotatable bonds is 1. The first-order valence-corrected chi connectivity index (χ1v) is 3.95. The van der Waals surface area contributed by atoms with Gasteiger partial charge in [0.1, 0.15) is 0 Å². The molecule has 0 N–H and O–H groups in total. The van der Waals surface area contributed by atoms with Gasteiger partial charge in [-0.15, -0.1) is 0 Å². The van der Waals surface area contributed by atoms with Gasteiger partial charge < -0.3 is 10.1 Å². The maximum absolute atomic E-state index is 10.4. The monoisotopic (exact) mass is 267 g/mol. The molecule has 1 aromatic rings. The number of aromatic nitrogens is 2. The van der Waals surface area contributed by atoms with Gasteiger partial charge in [-0.25, -0.2) is 4.57 Å². The van der Waals surface area contributed by atoms with Gasteiger partial charge in [0, 0.05) is 6.92 Å². The van der Waals surface area contributed by atoms with Crippen LogP contribution in [0.15, 0.2) is 0 Å². The summed E-state index contributed by atoms with van der Waals surface area (Å²) in [7, 11) is 1.63. The molecule has 0 fully saturated rings. The zero-order chi connectivity index (χ0) is 8.59. The normalized spacial score (nSPS) is 10.1. The Morgan fingerprint density at radius 3 is 2.45 bits per heavy atom. The van der Waals surface area contributed by atoms with E-state index in [-0.39, 0.29) is 5.82 Å². The maximum Gasteiger partial charge on any atom is 0.356 e. The van der Waals surface area contributed by atoms with E-state index in [9.17, 15) is 10.1 Å². The van der Waals surface area contributed by atoms with Crippen LogP contribution in [0.25, 0.3) is 0 Å². The van der Waals surface area contributed by atoms with Crippen LogP contribution in [-0.4, -0.2) is 14.5 Å². The molecule has 6 heteroatoms. The SMILES string of the molecule is Cc1nc(I)c([N+](=O)[O-])n1C. The summed E-state index contributed by atoms with van der Waals surface area (Å²) in [6.07, 6.45) is 0. The standard InChI is InChI=1S/C5H6IN3O2/c1-3-7-4(6)5(8(3)2)9(10)11/h1-2H3. The van der Waals surface area contributed by atoms with E-state index < -0.39 is 4.92 Å². The number of hydrogen-bond donors (Lipinski definition) is 0. The van der Waals surface area contributed by atoms with Gasteiger partial charge in [-0.2, -0.15) is 4.98 Å². The second-order valence-electron chi connectivity index (χ2n) is 2.09. The Labute approximate surface area is 76.7 Å². The summed E-state index contributed by atoms with van der Waals surface area (Å²) in [5.41, 5.74) is 0. The average Bonchev–Trinajstić information content (AvgIpc) is 2.07. The van der Waals surface area contributed by atoms with Crippen LogP contribution in [0.4, 0.5) is 5.82 Å². The summed E-state index contributed by atoms with van der Waals surface area (Å²) in [6.45, 7) is 1.73. The fourth-order valence-electron chi connectivity index (χ4n) is 0.757. The summed E-state index contributed by atoms with van der Waals surface area (Å²) in [6, 6.07) is 0. The van der Waals surface area contributed by atoms with Crippen LogP contribution in [0.1, 0.15) is 5.82 Å². The molecule has 5 nitrogen and oxygen atoms in total. The number of halogens is 1. The van der Waals surface area contributed by atoms with Gasteiger partial charge in [0.05, 0.1) is 7.05 Å². The van der Waals surface area contributed by atoms with Crippen molar-refractivity contribution in [2.24, 2.45) is 7.05 Å². The lowest BCUT2D eigenvalue weighted by atomic mass is 10.7. The van der Waals surface area contributed by atoms with Crippen molar-refractivity contribution < 1.29 is 4.92 Å². The average molecular weight is 267 g/mol. The first-order chi connectivity index (χ1) is 5.04. The van der Waals surface area contributed by atoms with E-state index >= 15 is 0 Å². The highest BCUT2D eigenvalue weighted by Crippen LogP contribution is 2.19. The van der Waals surface area contributed by atoms with Crippen molar-refractivity contribution in [3.8, 4) is 0 Å². The molecule has 11 heavy (non-hydrogen) atoms. The number of nitro groups is 1. The Hall–Kier alpha value is -0.660. The molecule has 60 valence electrons. The molecule has 0 unspecified atom stereocenters. The zero-order valence-corrected chi connectivity index (χ0v) is 8.19. The van der Waals surface area contributed by atoms with Crippen LogP contribution < -0.4 is 0 Å². The summed E-state index contributed by atoms with van der Waals surface area (Å²) >= 11 is 1.85. The lowest BCUT2D eigenvalue weighted by Gasteiger charge is -1.93. The van der Waals surface area contributed by atoms with E-state index in [1.54, 1.807) is 14.0 Å². The minimum absolute atomic E-state index is 0.0584. The summed E-state index contributed by atoms with van der Waals surface area (Å²) in [5.74, 6) is 0.712. The Bertz CT molecular complexity index is 307. The Morgan fingerprint density at radius 2 is 2.27 bits per heavy atom. The highest BCUT2D eigenvalue weighted by molar-refractivity contribution is 14.1. The van der Waals surface area contributed by atoms with Crippen molar-refractivity contribution in [2.45, 2.75) is 6.92 Å². The lowest BCUT2D eigenvalue weighted by molar-refractivity contribution is -0.392. The van der Waals surface area contributed by atoms with Gasteiger partial charge in [0.15, 0.2) is 9.53 Å². The van der Waals surface area contributed by atoms with Crippen molar-refractivity contribution in [1.82, 2.24) is 9.55 Å². The molecule has 0 amide bonds. The second kappa shape index (κ2) is 2.76. The molecule has 0 aliphatic carbocycles. The molecule has 0 aromatic carbocycles. The number of aryl methyl sites for hydroxylation is 1. The van der Waals surface area contributed by atoms with Crippen LogP contribution in [0.2, 0.25) is 0 Å². The minimum atomic E-state index is -0.429. The van der Waals surface area contributed by atoms with Gasteiger partial charge in [-0.1, -0.05) is 0 Å². The number of hydrogen-bond acceptors (Lipinski definition) is 3. The van der Waals surface area contributed by atoms with Crippen molar-refractivity contribution in [3.63, 3.8) is 0 Å². The molecule has 0 saturated heterocycles. The third kappa shape index (κ3) is 1.35. The highest BCUT2D eigenvalue weighted by atomic mass is 127. The smallest absolute Gasteiger partial charge is 0.356 e. The molecule has 1 rings (SSSR count). The molecule has 0 aliphatic rings. The minimum Gasteiger partial charge on any atom is -0.358 e. The molecule has 0 spiro atoms. The molecule has 1 heterocycles. The van der Waals surface area contributed by atoms with Crippen molar-refractivity contribution >= 4 is 28.4 Å². The van der Waals surface area contributed by atoms with Crippen molar-refractivity contribution in [3.05, 3.63) is 19.6 Å². The fourth-order valence-corrected chi connectivity index (χ4v) is 1.66. The second-order valence-corrected chi connectivity index (χ2v) is 3.11. The zero-order valence-electron chi connectivity index (χ0n) is 6.04. The Kier molecular flexibility index (Phi) is 2.12. The molecular formula is C5H6IN3O2. The Morgan fingerprint density at radius 1 is 1.73 bits per heavy atom. The van der Waals surface area contributed by atoms with Gasteiger partial charge in [0.25, 0.3) is 0 Å². The van der Waals surface area contributed by atoms with Crippen molar-refractivity contribution in [1.29, 1.82) is 0 Å². The molecule has 0 atom stereocenters. The first kappa shape index (κ1) is 8.44. The van der Waals surface area contributed by atoms with E-state index in [0.717, 1.165) is 0 Å². The summed E-state index contributed by atoms with van der Waals surface area (Å²) in [5, 5.41) is 10.4. The van der Waals surface area contributed by atoms with Gasteiger partial charge >= 0.3 is 5.82 Å². The summed E-state index contributed by atoms with van der Waals surface area (Å²) in [4.78, 5) is 13.9. The van der Waals surface area contributed by atoms with E-state index in [1.807, 2.05) is 22.6 Å². The van der Waals surface area contributed by atoms with E-state index in [0.29, 0.717) is 9.53 Å². The van der Waals surface area contributed by atoms with Gasteiger partial charge in [-0.3, -0.25) is 0 Å². The van der Waals surface area contributed by atoms with Crippen LogP contribution in [0.3, 0.4) is 0 Å². The molecular weight excluding hydrogens is 261 g/mol. The predicted octanol–water partition coefficient (Wildman–Crippen LogP) is 1.24. The molecule has 0 saturated carbocycles. The molecule has 0 radical (unpaired) electrons. The topological polar surface area (TPSA) is 61.0 Å². The van der Waals surface area contributed by atoms with Crippen LogP contribution in [-0.2, 0) is 7.05 Å². The first-order valence-electron chi connectivity index (χ1n) is 2.87. The Balaban J connectivity index is 3.34. The quantitative estimate of drug-likeness (QED) is 0.437. The maximum atomic E-state index is 10.4. The third-order valence-corrected chi connectivity index (χ3v) is 2.14. The van der Waals surface area contributed by atoms with Gasteiger partial charge in [0.2, 0.25) is 0 Å². The number of nitrogens with zero attached hydrogens (tertiary/aromatic N) is 3. The lowest BCUT2D eigenvalue weighted by Crippen LogP contribution is -1.99. The fraction of sp³-hybridized carbons (Fsp3) is 0.400. The van der Waals surface area contributed by atoms with Gasteiger partial charge in [-0.05, 0) is 27.5 Å². The van der Waals surface area contributed by atoms with E-state index in [1.165, 1.54) is 4.57 Å². The third-order valence-electron chi connectivity index (χ3n) is 1.42. The summed E-state index contributed by atoms with van der Waals surface area (Å²) < 4.78 is 1.90. The predicted molar refractivity (Wildman–Crippen MR) is 47.3 cm³/mol. The van der Waals surface area contributed by atoms with Crippen LogP contribution >= 0.6 is 22.6 Å². The van der Waals surface area contributed by atoms with Crippen molar-refractivity contribution in [2.75, 3.05) is 0 Å². The number of imidazole rings is 1. The molecule has 0 aliphatic heterocycles. The van der Waals surface area contributed by atoms with Crippen LogP contribution in [0, 0.1) is 20.7 Å². The molecule has 0 bridgehead atoms. The molecule has 1 aromatic heterocycles. The highest BCUT2D eigenvalue weighted by Gasteiger charge is 2.19. The van der Waals surface area contributed by atoms with Crippen LogP contribution in [0.5, 0.6) is 0 Å².